The minimum atomic E-state index is -0.264. The van der Waals surface area contributed by atoms with Crippen molar-refractivity contribution in [1.82, 2.24) is 4.98 Å². The second-order valence-corrected chi connectivity index (χ2v) is 4.22. The Morgan fingerprint density at radius 1 is 1.67 bits per heavy atom. The summed E-state index contributed by atoms with van der Waals surface area (Å²) in [4.78, 5) is 15.6. The highest BCUT2D eigenvalue weighted by Gasteiger charge is 2.52. The molecule has 4 nitrogen and oxygen atoms in total. The molecule has 2 N–H and O–H groups in total. The maximum Gasteiger partial charge on any atom is 0.225 e. The molecule has 2 atom stereocenters. The lowest BCUT2D eigenvalue weighted by Gasteiger charge is -2.26. The molecule has 1 saturated heterocycles. The van der Waals surface area contributed by atoms with Crippen molar-refractivity contribution in [3.8, 4) is 0 Å². The van der Waals surface area contributed by atoms with E-state index < -0.39 is 0 Å². The van der Waals surface area contributed by atoms with Crippen molar-refractivity contribution >= 4 is 5.91 Å². The highest BCUT2D eigenvalue weighted by atomic mass is 16.6. The zero-order valence-electron chi connectivity index (χ0n) is 8.27. The minimum Gasteiger partial charge on any atom is -0.369 e. The summed E-state index contributed by atoms with van der Waals surface area (Å²) in [6.07, 6.45) is 3.37. The van der Waals surface area contributed by atoms with Gasteiger partial charge >= 0.3 is 0 Å². The van der Waals surface area contributed by atoms with E-state index in [0.29, 0.717) is 0 Å². The van der Waals surface area contributed by atoms with Gasteiger partial charge in [0.2, 0.25) is 5.91 Å². The first-order chi connectivity index (χ1) is 7.23. The number of amides is 1. The van der Waals surface area contributed by atoms with Gasteiger partial charge in [-0.2, -0.15) is 0 Å². The summed E-state index contributed by atoms with van der Waals surface area (Å²) >= 11 is 0. The number of carbonyl (C=O) groups is 1. The van der Waals surface area contributed by atoms with E-state index in [1.54, 1.807) is 6.20 Å². The zero-order chi connectivity index (χ0) is 10.5. The molecule has 0 saturated carbocycles. The molecule has 1 aromatic heterocycles. The van der Waals surface area contributed by atoms with Crippen LogP contribution in [0.25, 0.3) is 0 Å². The first kappa shape index (κ1) is 8.85. The monoisotopic (exact) mass is 204 g/mol. The summed E-state index contributed by atoms with van der Waals surface area (Å²) in [6.45, 7) is 0.725. The van der Waals surface area contributed by atoms with Crippen molar-refractivity contribution in [2.45, 2.75) is 24.4 Å². The van der Waals surface area contributed by atoms with Crippen LogP contribution >= 0.6 is 0 Å². The van der Waals surface area contributed by atoms with Crippen LogP contribution in [0.5, 0.6) is 0 Å². The van der Waals surface area contributed by atoms with E-state index in [0.717, 1.165) is 30.7 Å². The Bertz CT molecular complexity index is 426. The van der Waals surface area contributed by atoms with E-state index >= 15 is 0 Å². The van der Waals surface area contributed by atoms with E-state index in [9.17, 15) is 4.79 Å². The average Bonchev–Trinajstić information content (AvgIpc) is 2.99. The molecular weight excluding hydrogens is 192 g/mol. The van der Waals surface area contributed by atoms with Crippen molar-refractivity contribution in [3.63, 3.8) is 0 Å². The average molecular weight is 204 g/mol. The summed E-state index contributed by atoms with van der Waals surface area (Å²) in [6, 6.07) is 3.77. The first-order valence-electron chi connectivity index (χ1n) is 5.12. The third-order valence-corrected chi connectivity index (χ3v) is 3.32. The number of carbonyl (C=O) groups excluding carboxylic acids is 1. The second kappa shape index (κ2) is 2.79. The molecule has 1 fully saturated rings. The van der Waals surface area contributed by atoms with E-state index in [1.807, 2.05) is 12.1 Å². The van der Waals surface area contributed by atoms with Crippen LogP contribution in [0.15, 0.2) is 18.3 Å². The van der Waals surface area contributed by atoms with Crippen LogP contribution in [0.3, 0.4) is 0 Å². The molecule has 78 valence electrons. The number of fused-ring (bicyclic) bond motifs is 2. The van der Waals surface area contributed by atoms with Gasteiger partial charge in [0, 0.05) is 6.20 Å². The lowest BCUT2D eigenvalue weighted by atomic mass is 9.79. The van der Waals surface area contributed by atoms with Crippen LogP contribution in [0.1, 0.15) is 30.0 Å². The van der Waals surface area contributed by atoms with Crippen LogP contribution in [-0.4, -0.2) is 17.5 Å². The Labute approximate surface area is 87.4 Å². The third-order valence-electron chi connectivity index (χ3n) is 3.32. The highest BCUT2D eigenvalue weighted by molar-refractivity contribution is 5.82. The van der Waals surface area contributed by atoms with Gasteiger partial charge in [0.05, 0.1) is 18.2 Å². The minimum absolute atomic E-state index is 0.191. The number of nitrogens with zero attached hydrogens (tertiary/aromatic N) is 1. The molecule has 1 aromatic rings. The maximum atomic E-state index is 11.3. The number of hydrogen-bond donors (Lipinski definition) is 1. The Balaban J connectivity index is 2.12. The van der Waals surface area contributed by atoms with Crippen LogP contribution in [-0.2, 0) is 15.1 Å². The molecule has 2 heterocycles. The number of rotatable bonds is 1. The van der Waals surface area contributed by atoms with Crippen molar-refractivity contribution in [3.05, 3.63) is 29.6 Å². The number of primary amides is 1. The SMILES string of the molecule is NC(=O)C1CCC2(CO2)c2ncccc21. The van der Waals surface area contributed by atoms with Gasteiger partial charge in [0.1, 0.15) is 5.60 Å². The molecule has 0 bridgehead atoms. The predicted octanol–water partition coefficient (Wildman–Crippen LogP) is 0.670. The number of nitrogens with two attached hydrogens (primary N) is 1. The van der Waals surface area contributed by atoms with E-state index in [1.165, 1.54) is 0 Å². The fourth-order valence-electron chi connectivity index (χ4n) is 2.39. The van der Waals surface area contributed by atoms with Gasteiger partial charge in [-0.05, 0) is 24.5 Å². The fourth-order valence-corrected chi connectivity index (χ4v) is 2.39. The molecule has 2 unspecified atom stereocenters. The summed E-state index contributed by atoms with van der Waals surface area (Å²) in [7, 11) is 0. The Kier molecular flexibility index (Phi) is 1.65. The Hall–Kier alpha value is -1.42. The lowest BCUT2D eigenvalue weighted by molar-refractivity contribution is -0.119. The molecular formula is C11H12N2O2. The van der Waals surface area contributed by atoms with Gasteiger partial charge in [-0.1, -0.05) is 6.07 Å². The third kappa shape index (κ3) is 1.18. The quantitative estimate of drug-likeness (QED) is 0.683. The molecule has 4 heteroatoms. The number of pyridine rings is 1. The smallest absolute Gasteiger partial charge is 0.225 e. The van der Waals surface area contributed by atoms with E-state index in [4.69, 9.17) is 10.5 Å². The molecule has 1 aliphatic heterocycles. The molecule has 0 radical (unpaired) electrons. The van der Waals surface area contributed by atoms with Crippen LogP contribution in [0, 0.1) is 0 Å². The molecule has 1 aliphatic carbocycles. The van der Waals surface area contributed by atoms with Gasteiger partial charge < -0.3 is 10.5 Å². The van der Waals surface area contributed by atoms with Crippen LogP contribution in [0.4, 0.5) is 0 Å². The van der Waals surface area contributed by atoms with E-state index in [-0.39, 0.29) is 17.4 Å². The zero-order valence-corrected chi connectivity index (χ0v) is 8.27. The van der Waals surface area contributed by atoms with Crippen molar-refractivity contribution < 1.29 is 9.53 Å². The maximum absolute atomic E-state index is 11.3. The molecule has 0 aromatic carbocycles. The van der Waals surface area contributed by atoms with Gasteiger partial charge in [0.15, 0.2) is 0 Å². The molecule has 1 amide bonds. The lowest BCUT2D eigenvalue weighted by Crippen LogP contribution is -2.30. The standard InChI is InChI=1S/C11H12N2O2/c12-10(14)8-3-4-11(6-15-11)9-7(8)2-1-5-13-9/h1-2,5,8H,3-4,6H2,(H2,12,14). The summed E-state index contributed by atoms with van der Waals surface area (Å²) in [5.74, 6) is -0.455. The van der Waals surface area contributed by atoms with Gasteiger partial charge in [-0.15, -0.1) is 0 Å². The van der Waals surface area contributed by atoms with Gasteiger partial charge in [-0.25, -0.2) is 0 Å². The molecule has 2 aliphatic rings. The largest absolute Gasteiger partial charge is 0.369 e. The van der Waals surface area contributed by atoms with E-state index in [2.05, 4.69) is 4.98 Å². The fraction of sp³-hybridized carbons (Fsp3) is 0.455. The molecule has 15 heavy (non-hydrogen) atoms. The Morgan fingerprint density at radius 3 is 3.13 bits per heavy atom. The van der Waals surface area contributed by atoms with Gasteiger partial charge in [-0.3, -0.25) is 9.78 Å². The summed E-state index contributed by atoms with van der Waals surface area (Å²) in [5, 5.41) is 0. The van der Waals surface area contributed by atoms with Gasteiger partial charge in [0.25, 0.3) is 0 Å². The predicted molar refractivity (Wildman–Crippen MR) is 53.0 cm³/mol. The van der Waals surface area contributed by atoms with Crippen molar-refractivity contribution in [2.24, 2.45) is 5.73 Å². The summed E-state index contributed by atoms with van der Waals surface area (Å²) < 4.78 is 5.48. The number of aromatic nitrogens is 1. The number of ether oxygens (including phenoxy) is 1. The topological polar surface area (TPSA) is 68.5 Å². The first-order valence-corrected chi connectivity index (χ1v) is 5.12. The number of hydrogen-bond acceptors (Lipinski definition) is 3. The van der Waals surface area contributed by atoms with Crippen molar-refractivity contribution in [2.75, 3.05) is 6.61 Å². The van der Waals surface area contributed by atoms with Crippen molar-refractivity contribution in [1.29, 1.82) is 0 Å². The normalized spacial score (nSPS) is 32.4. The highest BCUT2D eigenvalue weighted by Crippen LogP contribution is 2.50. The Morgan fingerprint density at radius 2 is 2.47 bits per heavy atom. The molecule has 1 spiro atoms. The summed E-state index contributed by atoms with van der Waals surface area (Å²) in [5.41, 5.74) is 7.06. The van der Waals surface area contributed by atoms with Crippen LogP contribution in [0.2, 0.25) is 0 Å². The second-order valence-electron chi connectivity index (χ2n) is 4.22. The molecule has 3 rings (SSSR count). The van der Waals surface area contributed by atoms with Crippen LogP contribution < -0.4 is 5.73 Å². The number of epoxide rings is 1.